The average molecular weight is 210 g/mol. The Balaban J connectivity index is 2.62. The zero-order chi connectivity index (χ0) is 11.3. The molecule has 0 fully saturated rings. The molecule has 0 spiro atoms. The van der Waals surface area contributed by atoms with Crippen LogP contribution in [0.2, 0.25) is 0 Å². The average Bonchev–Trinajstić information content (AvgIpc) is 2.21. The minimum Gasteiger partial charge on any atom is -0.323 e. The van der Waals surface area contributed by atoms with Gasteiger partial charge in [0.1, 0.15) is 5.82 Å². The van der Waals surface area contributed by atoms with Gasteiger partial charge in [-0.25, -0.2) is 4.39 Å². The predicted octanol–water partition coefficient (Wildman–Crippen LogP) is 1.62. The number of hydrogen-bond acceptors (Lipinski definition) is 2. The van der Waals surface area contributed by atoms with Crippen LogP contribution in [0, 0.1) is 11.7 Å². The van der Waals surface area contributed by atoms with Crippen molar-refractivity contribution in [1.82, 2.24) is 5.32 Å². The van der Waals surface area contributed by atoms with E-state index in [1.807, 2.05) is 0 Å². The van der Waals surface area contributed by atoms with Gasteiger partial charge in [-0.3, -0.25) is 4.79 Å². The number of nitrogens with one attached hydrogen (secondary N) is 2. The van der Waals surface area contributed by atoms with Crippen molar-refractivity contribution in [1.29, 1.82) is 0 Å². The third-order valence-electron chi connectivity index (χ3n) is 2.09. The van der Waals surface area contributed by atoms with Gasteiger partial charge < -0.3 is 10.6 Å². The molecule has 1 aromatic carbocycles. The van der Waals surface area contributed by atoms with Crippen LogP contribution in [0.15, 0.2) is 24.3 Å². The SMILES string of the molecule is CNCC(C)C(=O)Nc1ccccc1F. The van der Waals surface area contributed by atoms with Gasteiger partial charge in [-0.2, -0.15) is 0 Å². The van der Waals surface area contributed by atoms with E-state index in [0.29, 0.717) is 6.54 Å². The molecule has 0 bridgehead atoms. The predicted molar refractivity (Wildman–Crippen MR) is 58.1 cm³/mol. The third-order valence-corrected chi connectivity index (χ3v) is 2.09. The second-order valence-electron chi connectivity index (χ2n) is 3.43. The molecule has 0 saturated heterocycles. The number of carbonyl (C=O) groups excluding carboxylic acids is 1. The number of amides is 1. The minimum absolute atomic E-state index is 0.186. The van der Waals surface area contributed by atoms with Crippen molar-refractivity contribution in [3.05, 3.63) is 30.1 Å². The lowest BCUT2D eigenvalue weighted by Gasteiger charge is -2.11. The van der Waals surface area contributed by atoms with E-state index in [1.165, 1.54) is 6.07 Å². The van der Waals surface area contributed by atoms with E-state index in [0.717, 1.165) is 0 Å². The summed E-state index contributed by atoms with van der Waals surface area (Å²) in [6, 6.07) is 6.13. The first-order valence-corrected chi connectivity index (χ1v) is 4.85. The first-order chi connectivity index (χ1) is 7.15. The van der Waals surface area contributed by atoms with Crippen LogP contribution in [-0.4, -0.2) is 19.5 Å². The fraction of sp³-hybridized carbons (Fsp3) is 0.364. The molecule has 0 aliphatic carbocycles. The van der Waals surface area contributed by atoms with Crippen LogP contribution < -0.4 is 10.6 Å². The van der Waals surface area contributed by atoms with E-state index in [2.05, 4.69) is 10.6 Å². The van der Waals surface area contributed by atoms with Crippen molar-refractivity contribution in [3.63, 3.8) is 0 Å². The highest BCUT2D eigenvalue weighted by molar-refractivity contribution is 5.92. The molecule has 3 nitrogen and oxygen atoms in total. The monoisotopic (exact) mass is 210 g/mol. The first-order valence-electron chi connectivity index (χ1n) is 4.85. The van der Waals surface area contributed by atoms with Gasteiger partial charge in [0, 0.05) is 12.5 Å². The Morgan fingerprint density at radius 2 is 2.13 bits per heavy atom. The third kappa shape index (κ3) is 3.32. The lowest BCUT2D eigenvalue weighted by molar-refractivity contribution is -0.119. The van der Waals surface area contributed by atoms with Crippen molar-refractivity contribution in [2.75, 3.05) is 18.9 Å². The normalized spacial score (nSPS) is 12.2. The van der Waals surface area contributed by atoms with Gasteiger partial charge in [0.2, 0.25) is 5.91 Å². The molecule has 0 heterocycles. The molecule has 0 aliphatic rings. The van der Waals surface area contributed by atoms with Gasteiger partial charge in [0.15, 0.2) is 0 Å². The van der Waals surface area contributed by atoms with Crippen LogP contribution in [0.25, 0.3) is 0 Å². The first kappa shape index (κ1) is 11.7. The topological polar surface area (TPSA) is 41.1 Å². The smallest absolute Gasteiger partial charge is 0.228 e. The summed E-state index contributed by atoms with van der Waals surface area (Å²) in [7, 11) is 1.77. The summed E-state index contributed by atoms with van der Waals surface area (Å²) in [4.78, 5) is 11.5. The Labute approximate surface area is 88.7 Å². The maximum Gasteiger partial charge on any atom is 0.228 e. The standard InChI is InChI=1S/C11H15FN2O/c1-8(7-13-2)11(15)14-10-6-4-3-5-9(10)12/h3-6,8,13H,7H2,1-2H3,(H,14,15). The number of hydrogen-bond donors (Lipinski definition) is 2. The Morgan fingerprint density at radius 1 is 1.47 bits per heavy atom. The van der Waals surface area contributed by atoms with Gasteiger partial charge in [0.05, 0.1) is 5.69 Å². The summed E-state index contributed by atoms with van der Waals surface area (Å²) in [5.41, 5.74) is 0.227. The van der Waals surface area contributed by atoms with Crippen molar-refractivity contribution in [2.45, 2.75) is 6.92 Å². The molecule has 1 rings (SSSR count). The fourth-order valence-corrected chi connectivity index (χ4v) is 1.22. The number of anilines is 1. The van der Waals surface area contributed by atoms with Crippen molar-refractivity contribution in [3.8, 4) is 0 Å². The molecule has 0 saturated carbocycles. The van der Waals surface area contributed by atoms with Crippen LogP contribution in [0.4, 0.5) is 10.1 Å². The molecule has 1 unspecified atom stereocenters. The minimum atomic E-state index is -0.414. The van der Waals surface area contributed by atoms with E-state index < -0.39 is 5.82 Å². The van der Waals surface area contributed by atoms with Gasteiger partial charge in [0.25, 0.3) is 0 Å². The molecule has 1 atom stereocenters. The molecule has 82 valence electrons. The summed E-state index contributed by atoms with van der Waals surface area (Å²) < 4.78 is 13.2. The van der Waals surface area contributed by atoms with E-state index in [9.17, 15) is 9.18 Å². The number of rotatable bonds is 4. The summed E-state index contributed by atoms with van der Waals surface area (Å²) in [5.74, 6) is -0.786. The van der Waals surface area contributed by atoms with Crippen molar-refractivity contribution in [2.24, 2.45) is 5.92 Å². The number of carbonyl (C=O) groups is 1. The molecule has 4 heteroatoms. The molecule has 0 aromatic heterocycles. The summed E-state index contributed by atoms with van der Waals surface area (Å²) in [5, 5.41) is 5.44. The van der Waals surface area contributed by atoms with Crippen molar-refractivity contribution < 1.29 is 9.18 Å². The van der Waals surface area contributed by atoms with Gasteiger partial charge >= 0.3 is 0 Å². The highest BCUT2D eigenvalue weighted by Crippen LogP contribution is 2.13. The maximum atomic E-state index is 13.2. The van der Waals surface area contributed by atoms with E-state index in [1.54, 1.807) is 32.2 Å². The van der Waals surface area contributed by atoms with E-state index in [4.69, 9.17) is 0 Å². The summed E-state index contributed by atoms with van der Waals surface area (Å²) in [6.45, 7) is 2.35. The zero-order valence-electron chi connectivity index (χ0n) is 8.88. The number of benzene rings is 1. The summed E-state index contributed by atoms with van der Waals surface area (Å²) in [6.07, 6.45) is 0. The second-order valence-corrected chi connectivity index (χ2v) is 3.43. The lowest BCUT2D eigenvalue weighted by Crippen LogP contribution is -2.28. The van der Waals surface area contributed by atoms with E-state index >= 15 is 0 Å². The second kappa shape index (κ2) is 5.46. The van der Waals surface area contributed by atoms with Gasteiger partial charge in [-0.05, 0) is 19.2 Å². The van der Waals surface area contributed by atoms with E-state index in [-0.39, 0.29) is 17.5 Å². The fourth-order valence-electron chi connectivity index (χ4n) is 1.22. The Morgan fingerprint density at radius 3 is 2.73 bits per heavy atom. The van der Waals surface area contributed by atoms with Crippen LogP contribution in [0.3, 0.4) is 0 Å². The molecule has 1 amide bonds. The Kier molecular flexibility index (Phi) is 4.24. The van der Waals surface area contributed by atoms with Crippen molar-refractivity contribution >= 4 is 11.6 Å². The quantitative estimate of drug-likeness (QED) is 0.792. The highest BCUT2D eigenvalue weighted by Gasteiger charge is 2.13. The molecule has 1 aromatic rings. The van der Waals surface area contributed by atoms with Gasteiger partial charge in [-0.1, -0.05) is 19.1 Å². The number of para-hydroxylation sites is 1. The molecule has 15 heavy (non-hydrogen) atoms. The highest BCUT2D eigenvalue weighted by atomic mass is 19.1. The van der Waals surface area contributed by atoms with Crippen LogP contribution >= 0.6 is 0 Å². The zero-order valence-corrected chi connectivity index (χ0v) is 8.88. The number of halogens is 1. The Hall–Kier alpha value is -1.42. The van der Waals surface area contributed by atoms with Crippen LogP contribution in [-0.2, 0) is 4.79 Å². The molecule has 0 radical (unpaired) electrons. The molecule has 0 aliphatic heterocycles. The van der Waals surface area contributed by atoms with Gasteiger partial charge in [-0.15, -0.1) is 0 Å². The maximum absolute atomic E-state index is 13.2. The molecule has 2 N–H and O–H groups in total. The van der Waals surface area contributed by atoms with Crippen LogP contribution in [0.1, 0.15) is 6.92 Å². The van der Waals surface area contributed by atoms with Crippen LogP contribution in [0.5, 0.6) is 0 Å². The molecular weight excluding hydrogens is 195 g/mol. The molecular formula is C11H15FN2O. The largest absolute Gasteiger partial charge is 0.323 e. The summed E-state index contributed by atoms with van der Waals surface area (Å²) >= 11 is 0. The Bertz CT molecular complexity index is 341. The lowest BCUT2D eigenvalue weighted by atomic mass is 10.1.